The molecule has 0 radical (unpaired) electrons. The van der Waals surface area contributed by atoms with Gasteiger partial charge in [-0.25, -0.2) is 4.99 Å². The molecular weight excluding hydrogens is 402 g/mol. The molecule has 0 saturated heterocycles. The largest absolute Gasteiger partial charge is 0.394 e. The fourth-order valence-corrected chi connectivity index (χ4v) is 3.52. The van der Waals surface area contributed by atoms with E-state index in [1.807, 2.05) is 16.8 Å². The Hall–Kier alpha value is -1.12. The Morgan fingerprint density at radius 3 is 2.00 bits per heavy atom. The minimum absolute atomic E-state index is 0.0553. The molecule has 0 aliphatic rings. The highest BCUT2D eigenvalue weighted by Gasteiger charge is 2.01. The van der Waals surface area contributed by atoms with E-state index in [-0.39, 0.29) is 12.5 Å². The average molecular weight is 442 g/mol. The molecule has 30 heavy (non-hydrogen) atoms. The van der Waals surface area contributed by atoms with E-state index < -0.39 is 0 Å². The van der Waals surface area contributed by atoms with Crippen LogP contribution < -0.4 is 0 Å². The normalized spacial score (nSPS) is 11.5. The van der Waals surface area contributed by atoms with Gasteiger partial charge in [-0.3, -0.25) is 4.79 Å². The molecule has 0 aromatic carbocycles. The molecule has 0 bridgehead atoms. The summed E-state index contributed by atoms with van der Waals surface area (Å²) in [6, 6.07) is 1.81. The van der Waals surface area contributed by atoms with Crippen molar-refractivity contribution in [3.8, 4) is 0 Å². The summed E-state index contributed by atoms with van der Waals surface area (Å²) in [6.07, 6.45) is 13.7. The Balaban J connectivity index is 1.71. The SMILES string of the molecule is O=C(N=CCCCCCCCCCCCOCCOCCOCCO)c1ccsc1. The molecule has 0 saturated carbocycles. The third-order valence-electron chi connectivity index (χ3n) is 4.58. The van der Waals surface area contributed by atoms with Crippen LogP contribution in [0.3, 0.4) is 0 Å². The first-order chi connectivity index (χ1) is 14.8. The third kappa shape index (κ3) is 16.7. The van der Waals surface area contributed by atoms with Crippen LogP contribution in [0.1, 0.15) is 74.6 Å². The smallest absolute Gasteiger partial charge is 0.277 e. The van der Waals surface area contributed by atoms with Crippen LogP contribution in [0, 0.1) is 0 Å². The van der Waals surface area contributed by atoms with Gasteiger partial charge in [0.15, 0.2) is 0 Å². The highest BCUT2D eigenvalue weighted by atomic mass is 32.1. The van der Waals surface area contributed by atoms with Crippen molar-refractivity contribution in [2.24, 2.45) is 4.99 Å². The highest BCUT2D eigenvalue weighted by molar-refractivity contribution is 7.08. The topological polar surface area (TPSA) is 77.4 Å². The minimum Gasteiger partial charge on any atom is -0.394 e. The van der Waals surface area contributed by atoms with Crippen molar-refractivity contribution in [3.63, 3.8) is 0 Å². The molecule has 7 heteroatoms. The zero-order chi connectivity index (χ0) is 21.5. The van der Waals surface area contributed by atoms with Gasteiger partial charge >= 0.3 is 0 Å². The molecule has 0 atom stereocenters. The van der Waals surface area contributed by atoms with Crippen molar-refractivity contribution >= 4 is 23.5 Å². The molecule has 1 amide bonds. The molecule has 1 rings (SSSR count). The zero-order valence-electron chi connectivity index (χ0n) is 18.3. The summed E-state index contributed by atoms with van der Waals surface area (Å²) in [6.45, 7) is 3.53. The fraction of sp³-hybridized carbons (Fsp3) is 0.739. The number of thiophene rings is 1. The minimum atomic E-state index is -0.129. The average Bonchev–Trinajstić information content (AvgIpc) is 3.30. The van der Waals surface area contributed by atoms with Gasteiger partial charge in [0.05, 0.1) is 45.2 Å². The second kappa shape index (κ2) is 21.1. The fourth-order valence-electron chi connectivity index (χ4n) is 2.89. The molecule has 0 aliphatic carbocycles. The number of aliphatic hydroxyl groups excluding tert-OH is 1. The van der Waals surface area contributed by atoms with E-state index in [0.29, 0.717) is 38.6 Å². The van der Waals surface area contributed by atoms with E-state index in [4.69, 9.17) is 19.3 Å². The zero-order valence-corrected chi connectivity index (χ0v) is 19.1. The van der Waals surface area contributed by atoms with Gasteiger partial charge in [-0.15, -0.1) is 0 Å². The van der Waals surface area contributed by atoms with E-state index >= 15 is 0 Å². The Morgan fingerprint density at radius 2 is 1.40 bits per heavy atom. The second-order valence-corrected chi connectivity index (χ2v) is 7.94. The summed E-state index contributed by atoms with van der Waals surface area (Å²) in [7, 11) is 0. The summed E-state index contributed by atoms with van der Waals surface area (Å²) in [4.78, 5) is 15.7. The molecule has 0 fully saturated rings. The maximum absolute atomic E-state index is 11.7. The molecule has 6 nitrogen and oxygen atoms in total. The Bertz CT molecular complexity index is 522. The summed E-state index contributed by atoms with van der Waals surface area (Å²) in [5, 5.41) is 12.3. The molecule has 0 unspecified atom stereocenters. The molecule has 0 aliphatic heterocycles. The van der Waals surface area contributed by atoms with Gasteiger partial charge in [0.1, 0.15) is 0 Å². The lowest BCUT2D eigenvalue weighted by atomic mass is 10.1. The summed E-state index contributed by atoms with van der Waals surface area (Å²) >= 11 is 1.52. The van der Waals surface area contributed by atoms with Crippen molar-refractivity contribution in [1.29, 1.82) is 0 Å². The molecular formula is C23H39NO5S. The van der Waals surface area contributed by atoms with Gasteiger partial charge in [-0.05, 0) is 30.7 Å². The number of carbonyl (C=O) groups is 1. The standard InChI is InChI=1S/C23H39NO5S/c25-13-15-28-17-19-29-18-16-27-14-10-8-6-4-2-1-3-5-7-9-12-24-23(26)22-11-20-30-21-22/h11-12,20-21,25H,1-10,13-19H2. The number of rotatable bonds is 21. The summed E-state index contributed by atoms with van der Waals surface area (Å²) < 4.78 is 16.0. The lowest BCUT2D eigenvalue weighted by molar-refractivity contribution is 0.00719. The highest BCUT2D eigenvalue weighted by Crippen LogP contribution is 2.11. The van der Waals surface area contributed by atoms with Gasteiger partial charge in [0, 0.05) is 18.2 Å². The Kier molecular flexibility index (Phi) is 19.0. The van der Waals surface area contributed by atoms with Crippen LogP contribution in [0.5, 0.6) is 0 Å². The first-order valence-electron chi connectivity index (χ1n) is 11.3. The number of hydrogen-bond donors (Lipinski definition) is 1. The van der Waals surface area contributed by atoms with Crippen LogP contribution in [0.15, 0.2) is 21.8 Å². The maximum atomic E-state index is 11.7. The third-order valence-corrected chi connectivity index (χ3v) is 5.26. The predicted octanol–water partition coefficient (Wildman–Crippen LogP) is 4.90. The van der Waals surface area contributed by atoms with Crippen molar-refractivity contribution in [3.05, 3.63) is 22.4 Å². The van der Waals surface area contributed by atoms with Crippen LogP contribution in [0.2, 0.25) is 0 Å². The van der Waals surface area contributed by atoms with E-state index in [9.17, 15) is 4.79 Å². The van der Waals surface area contributed by atoms with E-state index in [2.05, 4.69) is 4.99 Å². The summed E-state index contributed by atoms with van der Waals surface area (Å²) in [5.74, 6) is -0.129. The van der Waals surface area contributed by atoms with Crippen LogP contribution in [-0.2, 0) is 14.2 Å². The summed E-state index contributed by atoms with van der Waals surface area (Å²) in [5.41, 5.74) is 0.689. The number of aliphatic hydroxyl groups is 1. The van der Waals surface area contributed by atoms with Crippen molar-refractivity contribution < 1.29 is 24.1 Å². The van der Waals surface area contributed by atoms with Crippen molar-refractivity contribution in [2.75, 3.05) is 46.2 Å². The number of nitrogens with zero attached hydrogens (tertiary/aromatic N) is 1. The lowest BCUT2D eigenvalue weighted by Crippen LogP contribution is -2.11. The van der Waals surface area contributed by atoms with E-state index in [1.165, 1.54) is 56.3 Å². The van der Waals surface area contributed by atoms with Gasteiger partial charge < -0.3 is 19.3 Å². The number of hydrogen-bond acceptors (Lipinski definition) is 6. The first-order valence-corrected chi connectivity index (χ1v) is 12.2. The number of carbonyl (C=O) groups excluding carboxylic acids is 1. The Labute approximate surface area is 185 Å². The van der Waals surface area contributed by atoms with Crippen molar-refractivity contribution in [2.45, 2.75) is 64.2 Å². The van der Waals surface area contributed by atoms with Crippen LogP contribution in [0.25, 0.3) is 0 Å². The van der Waals surface area contributed by atoms with Crippen LogP contribution in [0.4, 0.5) is 0 Å². The van der Waals surface area contributed by atoms with Crippen molar-refractivity contribution in [1.82, 2.24) is 0 Å². The monoisotopic (exact) mass is 441 g/mol. The Morgan fingerprint density at radius 1 is 0.833 bits per heavy atom. The molecule has 172 valence electrons. The maximum Gasteiger partial charge on any atom is 0.277 e. The second-order valence-electron chi connectivity index (χ2n) is 7.16. The first kappa shape index (κ1) is 26.9. The van der Waals surface area contributed by atoms with Crippen LogP contribution >= 0.6 is 11.3 Å². The lowest BCUT2D eigenvalue weighted by Gasteiger charge is -2.06. The molecule has 1 heterocycles. The number of unbranched alkanes of at least 4 members (excludes halogenated alkanes) is 9. The number of amides is 1. The molecule has 1 aromatic heterocycles. The van der Waals surface area contributed by atoms with Crippen LogP contribution in [-0.4, -0.2) is 63.5 Å². The number of aliphatic imine (C=N–C) groups is 1. The molecule has 1 aromatic rings. The number of ether oxygens (including phenoxy) is 3. The molecule has 0 spiro atoms. The quantitative estimate of drug-likeness (QED) is 0.217. The van der Waals surface area contributed by atoms with Gasteiger partial charge in [-0.1, -0.05) is 44.9 Å². The van der Waals surface area contributed by atoms with Gasteiger partial charge in [0.25, 0.3) is 5.91 Å². The molecule has 1 N–H and O–H groups in total. The van der Waals surface area contributed by atoms with E-state index in [0.717, 1.165) is 25.9 Å². The van der Waals surface area contributed by atoms with Gasteiger partial charge in [0.2, 0.25) is 0 Å². The predicted molar refractivity (Wildman–Crippen MR) is 123 cm³/mol. The van der Waals surface area contributed by atoms with E-state index in [1.54, 1.807) is 6.21 Å². The van der Waals surface area contributed by atoms with Gasteiger partial charge in [-0.2, -0.15) is 11.3 Å².